The van der Waals surface area contributed by atoms with Gasteiger partial charge in [-0.25, -0.2) is 0 Å². The summed E-state index contributed by atoms with van der Waals surface area (Å²) in [5.74, 6) is 1.15. The van der Waals surface area contributed by atoms with Crippen molar-refractivity contribution in [2.24, 2.45) is 0 Å². The van der Waals surface area contributed by atoms with Gasteiger partial charge in [0.15, 0.2) is 5.65 Å². The molecule has 20 heavy (non-hydrogen) atoms. The normalized spacial score (nSPS) is 12.6. The molecule has 110 valence electrons. The van der Waals surface area contributed by atoms with E-state index in [-0.39, 0.29) is 12.6 Å². The lowest BCUT2D eigenvalue weighted by Crippen LogP contribution is -2.29. The lowest BCUT2D eigenvalue weighted by Gasteiger charge is -2.16. The molecule has 2 aromatic rings. The smallest absolute Gasteiger partial charge is 0.226 e. The van der Waals surface area contributed by atoms with Crippen molar-refractivity contribution in [2.75, 3.05) is 37.5 Å². The molecule has 0 aliphatic carbocycles. The van der Waals surface area contributed by atoms with E-state index in [1.165, 1.54) is 0 Å². The number of nitrogens with one attached hydrogen (secondary N) is 3. The Morgan fingerprint density at radius 3 is 3.00 bits per heavy atom. The van der Waals surface area contributed by atoms with Crippen molar-refractivity contribution in [3.8, 4) is 0 Å². The van der Waals surface area contributed by atoms with Crippen molar-refractivity contribution in [1.29, 1.82) is 0 Å². The Balaban J connectivity index is 2.26. The molecule has 4 N–H and O–H groups in total. The van der Waals surface area contributed by atoms with Crippen LogP contribution in [0.5, 0.6) is 0 Å². The molecule has 0 saturated carbocycles. The monoisotopic (exact) mass is 280 g/mol. The van der Waals surface area contributed by atoms with Crippen molar-refractivity contribution in [2.45, 2.75) is 19.4 Å². The highest BCUT2D eigenvalue weighted by molar-refractivity contribution is 5.87. The van der Waals surface area contributed by atoms with Crippen LogP contribution in [0.1, 0.15) is 13.3 Å². The lowest BCUT2D eigenvalue weighted by atomic mass is 10.3. The van der Waals surface area contributed by atoms with Gasteiger partial charge in [-0.1, -0.05) is 6.92 Å². The molecule has 1 unspecified atom stereocenters. The zero-order chi connectivity index (χ0) is 14.4. The standard InChI is InChI=1S/C12H20N6O2/c1-3-4-13-12-16-10(15-8(6-19)7-20-2)9-5-14-18-11(9)17-12/h5,8,19H,3-4,6-7H2,1-2H3,(H3,13,14,15,16,17,18). The van der Waals surface area contributed by atoms with Crippen LogP contribution < -0.4 is 10.6 Å². The number of rotatable bonds is 8. The molecule has 0 amide bonds. The van der Waals surface area contributed by atoms with Gasteiger partial charge in [0.25, 0.3) is 0 Å². The van der Waals surface area contributed by atoms with Crippen LogP contribution in [0.4, 0.5) is 11.8 Å². The van der Waals surface area contributed by atoms with E-state index in [4.69, 9.17) is 4.74 Å². The SMILES string of the molecule is CCCNc1nc(NC(CO)COC)c2cn[nH]c2n1. The number of H-pyrrole nitrogens is 1. The van der Waals surface area contributed by atoms with E-state index in [2.05, 4.69) is 37.7 Å². The number of aliphatic hydroxyl groups excluding tert-OH is 1. The summed E-state index contributed by atoms with van der Waals surface area (Å²) in [7, 11) is 1.59. The molecule has 0 radical (unpaired) electrons. The fraction of sp³-hybridized carbons (Fsp3) is 0.583. The van der Waals surface area contributed by atoms with Gasteiger partial charge in [0.05, 0.1) is 30.8 Å². The molecule has 0 aliphatic rings. The fourth-order valence-electron chi connectivity index (χ4n) is 1.80. The van der Waals surface area contributed by atoms with Crippen LogP contribution in [0.2, 0.25) is 0 Å². The zero-order valence-corrected chi connectivity index (χ0v) is 11.7. The highest BCUT2D eigenvalue weighted by atomic mass is 16.5. The van der Waals surface area contributed by atoms with Crippen molar-refractivity contribution < 1.29 is 9.84 Å². The van der Waals surface area contributed by atoms with Crippen LogP contribution in [0.15, 0.2) is 6.20 Å². The van der Waals surface area contributed by atoms with Gasteiger partial charge in [0.2, 0.25) is 5.95 Å². The Bertz CT molecular complexity index is 544. The number of aromatic nitrogens is 4. The lowest BCUT2D eigenvalue weighted by molar-refractivity contribution is 0.153. The predicted octanol–water partition coefficient (Wildman–Crippen LogP) is 0.594. The van der Waals surface area contributed by atoms with Crippen molar-refractivity contribution in [3.63, 3.8) is 0 Å². The topological polar surface area (TPSA) is 108 Å². The second-order valence-electron chi connectivity index (χ2n) is 4.43. The maximum atomic E-state index is 9.33. The van der Waals surface area contributed by atoms with Crippen LogP contribution in [0.3, 0.4) is 0 Å². The first-order chi connectivity index (χ1) is 9.78. The molecule has 0 aromatic carbocycles. The van der Waals surface area contributed by atoms with Crippen LogP contribution in [-0.2, 0) is 4.74 Å². The molecule has 2 heterocycles. The van der Waals surface area contributed by atoms with E-state index in [0.29, 0.717) is 24.0 Å². The van der Waals surface area contributed by atoms with E-state index in [9.17, 15) is 5.11 Å². The molecular formula is C12H20N6O2. The number of nitrogens with zero attached hydrogens (tertiary/aromatic N) is 3. The molecule has 0 aliphatic heterocycles. The van der Waals surface area contributed by atoms with Crippen LogP contribution in [-0.4, -0.2) is 58.2 Å². The van der Waals surface area contributed by atoms with Crippen molar-refractivity contribution in [1.82, 2.24) is 20.2 Å². The third-order valence-electron chi connectivity index (χ3n) is 2.77. The van der Waals surface area contributed by atoms with Gasteiger partial charge < -0.3 is 20.5 Å². The Morgan fingerprint density at radius 1 is 1.45 bits per heavy atom. The maximum absolute atomic E-state index is 9.33. The maximum Gasteiger partial charge on any atom is 0.226 e. The van der Waals surface area contributed by atoms with Crippen LogP contribution in [0.25, 0.3) is 11.0 Å². The molecular weight excluding hydrogens is 260 g/mol. The number of ether oxygens (including phenoxy) is 1. The number of hydrogen-bond donors (Lipinski definition) is 4. The number of fused-ring (bicyclic) bond motifs is 1. The van der Waals surface area contributed by atoms with Crippen LogP contribution in [0, 0.1) is 0 Å². The first-order valence-electron chi connectivity index (χ1n) is 6.59. The summed E-state index contributed by atoms with van der Waals surface area (Å²) < 4.78 is 5.05. The van der Waals surface area contributed by atoms with E-state index >= 15 is 0 Å². The number of aromatic amines is 1. The van der Waals surface area contributed by atoms with E-state index in [1.54, 1.807) is 13.3 Å². The minimum absolute atomic E-state index is 0.0467. The molecule has 1 atom stereocenters. The Hall–Kier alpha value is -1.93. The van der Waals surface area contributed by atoms with E-state index in [1.807, 2.05) is 0 Å². The first kappa shape index (κ1) is 14.5. The van der Waals surface area contributed by atoms with Crippen molar-refractivity contribution >= 4 is 22.8 Å². The average molecular weight is 280 g/mol. The molecule has 2 rings (SSSR count). The van der Waals surface area contributed by atoms with Gasteiger partial charge in [0, 0.05) is 13.7 Å². The summed E-state index contributed by atoms with van der Waals surface area (Å²) >= 11 is 0. The molecule has 2 aromatic heterocycles. The van der Waals surface area contributed by atoms with Gasteiger partial charge >= 0.3 is 0 Å². The third-order valence-corrected chi connectivity index (χ3v) is 2.77. The minimum atomic E-state index is -0.230. The second kappa shape index (κ2) is 7.01. The third kappa shape index (κ3) is 3.34. The predicted molar refractivity (Wildman–Crippen MR) is 76.8 cm³/mol. The summed E-state index contributed by atoms with van der Waals surface area (Å²) in [6.45, 7) is 3.20. The van der Waals surface area contributed by atoms with Crippen LogP contribution >= 0.6 is 0 Å². The van der Waals surface area contributed by atoms with Crippen molar-refractivity contribution in [3.05, 3.63) is 6.20 Å². The summed E-state index contributed by atoms with van der Waals surface area (Å²) in [6, 6.07) is -0.230. The molecule has 8 heteroatoms. The highest BCUT2D eigenvalue weighted by Gasteiger charge is 2.13. The van der Waals surface area contributed by atoms with E-state index < -0.39 is 0 Å². The number of hydrogen-bond acceptors (Lipinski definition) is 7. The first-order valence-corrected chi connectivity index (χ1v) is 6.59. The molecule has 0 bridgehead atoms. The largest absolute Gasteiger partial charge is 0.394 e. The number of anilines is 2. The summed E-state index contributed by atoms with van der Waals surface area (Å²) in [5, 5.41) is 23.2. The number of aliphatic hydroxyl groups is 1. The molecule has 0 fully saturated rings. The van der Waals surface area contributed by atoms with Gasteiger partial charge in [-0.15, -0.1) is 0 Å². The zero-order valence-electron chi connectivity index (χ0n) is 11.7. The summed E-state index contributed by atoms with van der Waals surface area (Å²) in [6.07, 6.45) is 2.64. The van der Waals surface area contributed by atoms with E-state index in [0.717, 1.165) is 18.4 Å². The molecule has 0 saturated heterocycles. The summed E-state index contributed by atoms with van der Waals surface area (Å²) in [4.78, 5) is 8.76. The average Bonchev–Trinajstić information content (AvgIpc) is 2.93. The van der Waals surface area contributed by atoms with Gasteiger partial charge in [-0.2, -0.15) is 15.1 Å². The highest BCUT2D eigenvalue weighted by Crippen LogP contribution is 2.20. The van der Waals surface area contributed by atoms with Gasteiger partial charge in [0.1, 0.15) is 5.82 Å². The second-order valence-corrected chi connectivity index (χ2v) is 4.43. The Kier molecular flexibility index (Phi) is 5.08. The quantitative estimate of drug-likeness (QED) is 0.560. The molecule has 0 spiro atoms. The molecule has 8 nitrogen and oxygen atoms in total. The number of methoxy groups -OCH3 is 1. The Labute approximate surface area is 117 Å². The van der Waals surface area contributed by atoms with Gasteiger partial charge in [-0.05, 0) is 6.42 Å². The Morgan fingerprint density at radius 2 is 2.30 bits per heavy atom. The van der Waals surface area contributed by atoms with Gasteiger partial charge in [-0.3, -0.25) is 5.10 Å². The fourth-order valence-corrected chi connectivity index (χ4v) is 1.80. The minimum Gasteiger partial charge on any atom is -0.394 e. The summed E-state index contributed by atoms with van der Waals surface area (Å²) in [5.41, 5.74) is 0.648.